The second-order valence-corrected chi connectivity index (χ2v) is 9.02. The molecule has 0 spiro atoms. The second kappa shape index (κ2) is 10.2. The maximum atomic E-state index is 13.0. The predicted molar refractivity (Wildman–Crippen MR) is 111 cm³/mol. The number of thioether (sulfide) groups is 2. The zero-order valence-electron chi connectivity index (χ0n) is 14.9. The molecule has 0 bridgehead atoms. The first kappa shape index (κ1) is 19.5. The molecule has 0 aromatic heterocycles. The van der Waals surface area contributed by atoms with Crippen LogP contribution in [0.3, 0.4) is 0 Å². The molecule has 2 atom stereocenters. The number of rotatable bonds is 7. The van der Waals surface area contributed by atoms with Crippen LogP contribution in [0.1, 0.15) is 32.1 Å². The summed E-state index contributed by atoms with van der Waals surface area (Å²) in [5.74, 6) is 0.541. The van der Waals surface area contributed by atoms with Gasteiger partial charge in [-0.3, -0.25) is 4.79 Å². The molecule has 0 aliphatic heterocycles. The molecule has 0 radical (unpaired) electrons. The summed E-state index contributed by atoms with van der Waals surface area (Å²) in [6, 6.07) is 19.9. The van der Waals surface area contributed by atoms with E-state index in [2.05, 4.69) is 12.1 Å². The van der Waals surface area contributed by atoms with Gasteiger partial charge in [0.15, 0.2) is 5.12 Å². The fourth-order valence-corrected chi connectivity index (χ4v) is 5.57. The average molecular weight is 387 g/mol. The van der Waals surface area contributed by atoms with Crippen molar-refractivity contribution in [3.8, 4) is 0 Å². The highest BCUT2D eigenvalue weighted by Crippen LogP contribution is 2.35. The molecule has 1 saturated carbocycles. The molecule has 1 aliphatic rings. The molecule has 0 unspecified atom stereocenters. The van der Waals surface area contributed by atoms with E-state index in [4.69, 9.17) is 0 Å². The molecular weight excluding hydrogens is 360 g/mol. The molecule has 2 aromatic carbocycles. The Kier molecular flexibility index (Phi) is 7.66. The molecule has 0 saturated heterocycles. The maximum Gasteiger partial charge on any atom is 0.200 e. The van der Waals surface area contributed by atoms with Crippen LogP contribution in [0.5, 0.6) is 0 Å². The van der Waals surface area contributed by atoms with Gasteiger partial charge in [0.2, 0.25) is 0 Å². The number of carbonyl (C=O) groups is 1. The summed E-state index contributed by atoms with van der Waals surface area (Å²) in [4.78, 5) is 15.1. The van der Waals surface area contributed by atoms with Crippen molar-refractivity contribution >= 4 is 28.6 Å². The van der Waals surface area contributed by atoms with E-state index >= 15 is 0 Å². The molecule has 4 heteroatoms. The minimum absolute atomic E-state index is 0.0812. The summed E-state index contributed by atoms with van der Waals surface area (Å²) in [7, 11) is 0. The first-order chi connectivity index (χ1) is 12.7. The minimum atomic E-state index is -0.546. The summed E-state index contributed by atoms with van der Waals surface area (Å²) >= 11 is 2.93. The zero-order chi connectivity index (χ0) is 18.2. The topological polar surface area (TPSA) is 37.3 Å². The van der Waals surface area contributed by atoms with Crippen LogP contribution in [-0.4, -0.2) is 22.1 Å². The molecule has 2 aromatic rings. The molecule has 1 N–H and O–H groups in total. The van der Waals surface area contributed by atoms with Crippen LogP contribution >= 0.6 is 23.5 Å². The molecule has 2 nitrogen and oxygen atoms in total. The summed E-state index contributed by atoms with van der Waals surface area (Å²) in [6.45, 7) is 0. The van der Waals surface area contributed by atoms with Gasteiger partial charge in [0.25, 0.3) is 0 Å². The van der Waals surface area contributed by atoms with Crippen molar-refractivity contribution in [1.82, 2.24) is 0 Å². The smallest absolute Gasteiger partial charge is 0.200 e. The van der Waals surface area contributed by atoms with Crippen molar-refractivity contribution in [3.05, 3.63) is 60.7 Å². The molecule has 0 amide bonds. The minimum Gasteiger partial charge on any atom is -0.392 e. The lowest BCUT2D eigenvalue weighted by molar-refractivity contribution is -0.118. The van der Waals surface area contributed by atoms with Gasteiger partial charge in [0.05, 0.1) is 12.0 Å². The number of aliphatic hydroxyl groups excluding tert-OH is 1. The Hall–Kier alpha value is -1.23. The first-order valence-electron chi connectivity index (χ1n) is 9.36. The standard InChI is InChI=1S/C22H26O2S2/c23-21(17-10-4-1-5-11-17)20(16-25-18-12-6-2-7-13-18)22(24)26-19-14-8-3-9-15-19/h2-3,6-9,12-15,17,20-21,23H,1,4-5,10-11,16H2/t20-,21-/m1/s1. The third kappa shape index (κ3) is 5.63. The van der Waals surface area contributed by atoms with Crippen LogP contribution < -0.4 is 0 Å². The van der Waals surface area contributed by atoms with Gasteiger partial charge < -0.3 is 5.11 Å². The van der Waals surface area contributed by atoms with Gasteiger partial charge in [-0.25, -0.2) is 0 Å². The van der Waals surface area contributed by atoms with Crippen molar-refractivity contribution in [2.45, 2.75) is 48.0 Å². The monoisotopic (exact) mass is 386 g/mol. The SMILES string of the molecule is O=C(Sc1ccccc1)[C@H](CSc1ccccc1)[C@H](O)C1CCCCC1. The van der Waals surface area contributed by atoms with Gasteiger partial charge in [0, 0.05) is 15.5 Å². The lowest BCUT2D eigenvalue weighted by Gasteiger charge is -2.31. The first-order valence-corrected chi connectivity index (χ1v) is 11.2. The lowest BCUT2D eigenvalue weighted by atomic mass is 9.81. The fourth-order valence-electron chi connectivity index (χ4n) is 3.49. The van der Waals surface area contributed by atoms with E-state index in [-0.39, 0.29) is 17.0 Å². The Morgan fingerprint density at radius 2 is 1.50 bits per heavy atom. The zero-order valence-corrected chi connectivity index (χ0v) is 16.6. The predicted octanol–water partition coefficient (Wildman–Crippen LogP) is 5.66. The summed E-state index contributed by atoms with van der Waals surface area (Å²) in [5, 5.41) is 11.1. The van der Waals surface area contributed by atoms with Gasteiger partial charge in [-0.05, 0) is 43.0 Å². The molecule has 3 rings (SSSR count). The lowest BCUT2D eigenvalue weighted by Crippen LogP contribution is -2.36. The van der Waals surface area contributed by atoms with Crippen molar-refractivity contribution in [2.24, 2.45) is 11.8 Å². The van der Waals surface area contributed by atoms with Gasteiger partial charge in [-0.2, -0.15) is 0 Å². The number of hydrogen-bond acceptors (Lipinski definition) is 4. The Balaban J connectivity index is 1.70. The van der Waals surface area contributed by atoms with Crippen molar-refractivity contribution in [3.63, 3.8) is 0 Å². The van der Waals surface area contributed by atoms with Gasteiger partial charge >= 0.3 is 0 Å². The van der Waals surface area contributed by atoms with Crippen LogP contribution in [0.2, 0.25) is 0 Å². The Labute approximate surface area is 164 Å². The average Bonchev–Trinajstić information content (AvgIpc) is 2.70. The summed E-state index contributed by atoms with van der Waals surface area (Å²) < 4.78 is 0. The van der Waals surface area contributed by atoms with Gasteiger partial charge in [0.1, 0.15) is 0 Å². The summed E-state index contributed by atoms with van der Waals surface area (Å²) in [6.07, 6.45) is 5.11. The van der Waals surface area contributed by atoms with Crippen molar-refractivity contribution in [2.75, 3.05) is 5.75 Å². The second-order valence-electron chi connectivity index (χ2n) is 6.85. The Morgan fingerprint density at radius 1 is 0.923 bits per heavy atom. The van der Waals surface area contributed by atoms with Crippen molar-refractivity contribution in [1.29, 1.82) is 0 Å². The van der Waals surface area contributed by atoms with Crippen LogP contribution in [0, 0.1) is 11.8 Å². The molecule has 0 heterocycles. The van der Waals surface area contributed by atoms with Crippen LogP contribution in [0.15, 0.2) is 70.5 Å². The van der Waals surface area contributed by atoms with Crippen LogP contribution in [0.25, 0.3) is 0 Å². The van der Waals surface area contributed by atoms with E-state index < -0.39 is 6.10 Å². The fraction of sp³-hybridized carbons (Fsp3) is 0.409. The highest BCUT2D eigenvalue weighted by molar-refractivity contribution is 8.13. The molecule has 26 heavy (non-hydrogen) atoms. The largest absolute Gasteiger partial charge is 0.392 e. The van der Waals surface area contributed by atoms with E-state index in [9.17, 15) is 9.90 Å². The van der Waals surface area contributed by atoms with E-state index in [0.29, 0.717) is 5.75 Å². The van der Waals surface area contributed by atoms with E-state index in [1.54, 1.807) is 11.8 Å². The molecule has 138 valence electrons. The van der Waals surface area contributed by atoms with E-state index in [1.807, 2.05) is 48.5 Å². The van der Waals surface area contributed by atoms with E-state index in [0.717, 1.165) is 22.6 Å². The third-order valence-corrected chi connectivity index (χ3v) is 7.13. The van der Waals surface area contributed by atoms with Gasteiger partial charge in [-0.15, -0.1) is 11.8 Å². The number of aliphatic hydroxyl groups is 1. The third-order valence-electron chi connectivity index (χ3n) is 4.98. The molecule has 1 aliphatic carbocycles. The highest BCUT2D eigenvalue weighted by Gasteiger charge is 2.34. The van der Waals surface area contributed by atoms with E-state index in [1.165, 1.54) is 31.0 Å². The molecule has 1 fully saturated rings. The normalized spacial score (nSPS) is 17.6. The van der Waals surface area contributed by atoms with Gasteiger partial charge in [-0.1, -0.05) is 67.4 Å². The van der Waals surface area contributed by atoms with Crippen LogP contribution in [0.4, 0.5) is 0 Å². The quantitative estimate of drug-likeness (QED) is 0.624. The number of carbonyl (C=O) groups excluding carboxylic acids is 1. The Bertz CT molecular complexity index is 669. The molecular formula is C22H26O2S2. The van der Waals surface area contributed by atoms with Crippen LogP contribution in [-0.2, 0) is 4.79 Å². The number of benzene rings is 2. The Morgan fingerprint density at radius 3 is 2.12 bits per heavy atom. The van der Waals surface area contributed by atoms with Crippen molar-refractivity contribution < 1.29 is 9.90 Å². The number of hydrogen-bond donors (Lipinski definition) is 1. The highest BCUT2D eigenvalue weighted by atomic mass is 32.2. The maximum absolute atomic E-state index is 13.0. The summed E-state index contributed by atoms with van der Waals surface area (Å²) in [5.41, 5.74) is 0.